The lowest BCUT2D eigenvalue weighted by molar-refractivity contribution is -0.141. The Balaban J connectivity index is 4.11. The summed E-state index contributed by atoms with van der Waals surface area (Å²) in [5, 5.41) is 4.64. The van der Waals surface area contributed by atoms with Gasteiger partial charge in [0.2, 0.25) is 0 Å². The van der Waals surface area contributed by atoms with Gasteiger partial charge in [-0.1, -0.05) is 13.2 Å². The largest absolute Gasteiger partial charge is 0.470 e. The number of ether oxygens (including phenoxy) is 6. The summed E-state index contributed by atoms with van der Waals surface area (Å²) in [7, 11) is -4.99. The first-order valence-corrected chi connectivity index (χ1v) is 12.7. The summed E-state index contributed by atoms with van der Waals surface area (Å²) >= 11 is 0. The first kappa shape index (κ1) is 35.0. The minimum Gasteiger partial charge on any atom is -0.460 e. The van der Waals surface area contributed by atoms with Crippen LogP contribution in [-0.4, -0.2) is 106 Å². The van der Waals surface area contributed by atoms with Crippen LogP contribution in [0.1, 0.15) is 13.8 Å². The zero-order valence-electron chi connectivity index (χ0n) is 21.3. The molecule has 0 spiro atoms. The van der Waals surface area contributed by atoms with Crippen LogP contribution in [0.15, 0.2) is 24.3 Å². The third kappa shape index (κ3) is 21.1. The summed E-state index contributed by atoms with van der Waals surface area (Å²) in [6.07, 6.45) is -3.36. The van der Waals surface area contributed by atoms with Crippen LogP contribution in [0, 0.1) is 0 Å². The highest BCUT2D eigenvalue weighted by Gasteiger charge is 2.25. The number of rotatable bonds is 20. The van der Waals surface area contributed by atoms with Gasteiger partial charge < -0.3 is 48.8 Å². The van der Waals surface area contributed by atoms with Crippen LogP contribution in [0.25, 0.3) is 0 Å². The molecule has 0 aliphatic heterocycles. The molecule has 0 aromatic carbocycles. The zero-order valence-corrected chi connectivity index (χ0v) is 22.2. The Labute approximate surface area is 219 Å². The Bertz CT molecular complexity index is 788. The molecule has 0 aromatic rings. The number of amides is 2. The van der Waals surface area contributed by atoms with Crippen LogP contribution in [0.4, 0.5) is 9.59 Å². The molecule has 0 saturated heterocycles. The third-order valence-electron chi connectivity index (χ3n) is 3.74. The quantitative estimate of drug-likeness (QED) is 0.0506. The van der Waals surface area contributed by atoms with Gasteiger partial charge in [-0.2, -0.15) is 0 Å². The number of phosphoric acid groups is 1. The van der Waals surface area contributed by atoms with Crippen LogP contribution in [0.2, 0.25) is 0 Å². The molecule has 0 radical (unpaired) electrons. The van der Waals surface area contributed by atoms with Crippen LogP contribution in [0.3, 0.4) is 0 Å². The molecule has 218 valence electrons. The fourth-order valence-corrected chi connectivity index (χ4v) is 2.54. The minimum absolute atomic E-state index is 0.00506. The smallest absolute Gasteiger partial charge is 0.460 e. The Kier molecular flexibility index (Phi) is 18.4. The Morgan fingerprint density at radius 1 is 0.711 bits per heavy atom. The molecule has 0 saturated carbocycles. The van der Waals surface area contributed by atoms with Gasteiger partial charge in [-0.05, 0) is 13.8 Å². The van der Waals surface area contributed by atoms with Crippen molar-refractivity contribution in [1.29, 1.82) is 0 Å². The fourth-order valence-electron chi connectivity index (χ4n) is 2.03. The van der Waals surface area contributed by atoms with Crippen molar-refractivity contribution in [2.75, 3.05) is 65.9 Å². The van der Waals surface area contributed by atoms with Gasteiger partial charge in [-0.3, -0.25) is 4.52 Å². The molecule has 16 nitrogen and oxygen atoms in total. The molecule has 17 heteroatoms. The molecule has 0 rings (SSSR count). The zero-order chi connectivity index (χ0) is 29.0. The van der Waals surface area contributed by atoms with Gasteiger partial charge in [0.15, 0.2) is 0 Å². The van der Waals surface area contributed by atoms with Gasteiger partial charge in [0.25, 0.3) is 0 Å². The van der Waals surface area contributed by atoms with Crippen molar-refractivity contribution >= 4 is 31.9 Å². The third-order valence-corrected chi connectivity index (χ3v) is 4.31. The number of nitrogens with one attached hydrogen (secondary N) is 2. The van der Waals surface area contributed by atoms with E-state index in [2.05, 4.69) is 28.3 Å². The van der Waals surface area contributed by atoms with Crippen molar-refractivity contribution in [3.05, 3.63) is 24.3 Å². The molecular weight excluding hydrogens is 535 g/mol. The van der Waals surface area contributed by atoms with E-state index in [-0.39, 0.29) is 63.9 Å². The van der Waals surface area contributed by atoms with Crippen molar-refractivity contribution in [2.24, 2.45) is 0 Å². The van der Waals surface area contributed by atoms with Crippen LogP contribution < -0.4 is 10.6 Å². The van der Waals surface area contributed by atoms with E-state index in [9.17, 15) is 23.7 Å². The van der Waals surface area contributed by atoms with E-state index in [1.54, 1.807) is 0 Å². The summed E-state index contributed by atoms with van der Waals surface area (Å²) in [5.74, 6) is -1.10. The monoisotopic (exact) mass is 570 g/mol. The van der Waals surface area contributed by atoms with E-state index in [1.807, 2.05) is 0 Å². The van der Waals surface area contributed by atoms with Gasteiger partial charge >= 0.3 is 31.9 Å². The Morgan fingerprint density at radius 2 is 1.11 bits per heavy atom. The van der Waals surface area contributed by atoms with E-state index in [0.29, 0.717) is 0 Å². The maximum atomic E-state index is 11.7. The highest BCUT2D eigenvalue weighted by molar-refractivity contribution is 7.46. The average molecular weight is 570 g/mol. The average Bonchev–Trinajstić information content (AvgIpc) is 2.83. The predicted octanol–water partition coefficient (Wildman–Crippen LogP) is 0.189. The fraction of sp³-hybridized carbons (Fsp3) is 0.619. The summed E-state index contributed by atoms with van der Waals surface area (Å²) in [6.45, 7) is 8.93. The highest BCUT2D eigenvalue weighted by atomic mass is 31.2. The molecule has 0 bridgehead atoms. The normalized spacial score (nSPS) is 10.9. The van der Waals surface area contributed by atoms with Crippen LogP contribution >= 0.6 is 7.82 Å². The molecule has 0 aromatic heterocycles. The first-order chi connectivity index (χ1) is 17.8. The number of hydrogen-bond acceptors (Lipinski definition) is 12. The van der Waals surface area contributed by atoms with Crippen LogP contribution in [0.5, 0.6) is 0 Å². The molecule has 2 amide bonds. The molecule has 0 aliphatic carbocycles. The maximum Gasteiger partial charge on any atom is 0.470 e. The number of carbonyl (C=O) groups is 4. The number of phosphoric ester groups is 1. The molecule has 0 unspecified atom stereocenters. The molecule has 38 heavy (non-hydrogen) atoms. The van der Waals surface area contributed by atoms with Gasteiger partial charge in [0.1, 0.15) is 32.5 Å². The van der Waals surface area contributed by atoms with Gasteiger partial charge in [-0.25, -0.2) is 23.7 Å². The molecule has 0 aliphatic rings. The number of alkyl carbamates (subject to hydrolysis) is 2. The SMILES string of the molecule is C=C(C)C(=O)OCCOCCNC(=O)OCC(COC(=O)NCCOCCOC(=O)C(=C)C)OP(=O)(O)O. The summed E-state index contributed by atoms with van der Waals surface area (Å²) < 4.78 is 45.1. The molecule has 0 heterocycles. The lowest BCUT2D eigenvalue weighted by Gasteiger charge is -2.18. The molecular formula is C21H35N2O14P. The lowest BCUT2D eigenvalue weighted by Crippen LogP contribution is -2.35. The number of hydrogen-bond donors (Lipinski definition) is 4. The summed E-state index contributed by atoms with van der Waals surface area (Å²) in [4.78, 5) is 63.9. The molecule has 4 N–H and O–H groups in total. The first-order valence-electron chi connectivity index (χ1n) is 11.2. The van der Waals surface area contributed by atoms with E-state index in [1.165, 1.54) is 13.8 Å². The van der Waals surface area contributed by atoms with Crippen molar-refractivity contribution in [2.45, 2.75) is 20.0 Å². The minimum atomic E-state index is -4.99. The maximum absolute atomic E-state index is 11.7. The van der Waals surface area contributed by atoms with Gasteiger partial charge in [0.05, 0.1) is 26.4 Å². The Morgan fingerprint density at radius 3 is 1.45 bits per heavy atom. The van der Waals surface area contributed by atoms with Crippen molar-refractivity contribution in [1.82, 2.24) is 10.6 Å². The second-order valence-corrected chi connectivity index (χ2v) is 8.52. The van der Waals surface area contributed by atoms with Crippen molar-refractivity contribution < 1.29 is 66.5 Å². The molecule has 0 atom stereocenters. The summed E-state index contributed by atoms with van der Waals surface area (Å²) in [5.41, 5.74) is 0.507. The van der Waals surface area contributed by atoms with Gasteiger partial charge in [-0.15, -0.1) is 0 Å². The second-order valence-electron chi connectivity index (χ2n) is 7.33. The van der Waals surface area contributed by atoms with E-state index in [4.69, 9.17) is 38.2 Å². The van der Waals surface area contributed by atoms with E-state index >= 15 is 0 Å². The molecule has 0 fully saturated rings. The van der Waals surface area contributed by atoms with Crippen molar-refractivity contribution in [3.63, 3.8) is 0 Å². The number of esters is 2. The van der Waals surface area contributed by atoms with Crippen molar-refractivity contribution in [3.8, 4) is 0 Å². The highest BCUT2D eigenvalue weighted by Crippen LogP contribution is 2.37. The topological polar surface area (TPSA) is 214 Å². The number of carbonyl (C=O) groups excluding carboxylic acids is 4. The predicted molar refractivity (Wildman–Crippen MR) is 129 cm³/mol. The van der Waals surface area contributed by atoms with E-state index in [0.717, 1.165) is 0 Å². The standard InChI is InChI=1S/C21H35N2O14P/c1-15(2)18(24)33-11-9-31-7-5-22-20(26)35-13-17(37-38(28,29)30)14-36-21(27)23-6-8-32-10-12-34-19(25)16(3)4/h17H,1,3,5-14H2,2,4H3,(H,22,26)(H,23,27)(H2,28,29,30). The second kappa shape index (κ2) is 20.0. The summed E-state index contributed by atoms with van der Waals surface area (Å²) in [6, 6.07) is 0. The van der Waals surface area contributed by atoms with Crippen LogP contribution in [-0.2, 0) is 47.1 Å². The van der Waals surface area contributed by atoms with E-state index < -0.39 is 51.3 Å². The Hall–Kier alpha value is -3.01. The lowest BCUT2D eigenvalue weighted by atomic mass is 10.4. The van der Waals surface area contributed by atoms with Gasteiger partial charge in [0, 0.05) is 24.2 Å².